The van der Waals surface area contributed by atoms with Gasteiger partial charge in [-0.1, -0.05) is 26.7 Å². The summed E-state index contributed by atoms with van der Waals surface area (Å²) in [6, 6.07) is 0.743. The number of hydrogen-bond acceptors (Lipinski definition) is 2. The van der Waals surface area contributed by atoms with Crippen LogP contribution in [0.1, 0.15) is 33.1 Å². The topological polar surface area (TPSA) is 6.48 Å². The summed E-state index contributed by atoms with van der Waals surface area (Å²) in [5.41, 5.74) is 0. The van der Waals surface area contributed by atoms with Gasteiger partial charge in [0, 0.05) is 12.6 Å². The molecule has 0 aromatic carbocycles. The van der Waals surface area contributed by atoms with E-state index in [1.165, 1.54) is 25.8 Å². The zero-order chi connectivity index (χ0) is 11.1. The van der Waals surface area contributed by atoms with Gasteiger partial charge < -0.3 is 9.80 Å². The number of nitrogens with zero attached hydrogens (tertiary/aromatic N) is 2. The van der Waals surface area contributed by atoms with Crippen LogP contribution in [0, 0.1) is 5.92 Å². The molecule has 0 unspecified atom stereocenters. The van der Waals surface area contributed by atoms with E-state index in [0.717, 1.165) is 12.0 Å². The van der Waals surface area contributed by atoms with Crippen molar-refractivity contribution in [1.29, 1.82) is 0 Å². The third-order valence-corrected chi connectivity index (χ3v) is 2.92. The molecule has 0 bridgehead atoms. The molecular weight excluding hydrogens is 172 g/mol. The van der Waals surface area contributed by atoms with Gasteiger partial charge in [-0.2, -0.15) is 0 Å². The summed E-state index contributed by atoms with van der Waals surface area (Å²) in [4.78, 5) is 4.70. The molecule has 0 rings (SSSR count). The summed E-state index contributed by atoms with van der Waals surface area (Å²) in [7, 11) is 8.75. The Balaban J connectivity index is 4.25. The van der Waals surface area contributed by atoms with E-state index in [2.05, 4.69) is 51.8 Å². The molecule has 2 heteroatoms. The summed E-state index contributed by atoms with van der Waals surface area (Å²) >= 11 is 0. The molecule has 2 nitrogen and oxygen atoms in total. The molecule has 0 saturated heterocycles. The number of rotatable bonds is 7. The van der Waals surface area contributed by atoms with Gasteiger partial charge in [-0.05, 0) is 40.5 Å². The first-order valence-electron chi connectivity index (χ1n) is 5.84. The molecule has 0 heterocycles. The first-order chi connectivity index (χ1) is 6.52. The van der Waals surface area contributed by atoms with Gasteiger partial charge in [-0.25, -0.2) is 0 Å². The van der Waals surface area contributed by atoms with Crippen LogP contribution in [0.2, 0.25) is 0 Å². The fourth-order valence-electron chi connectivity index (χ4n) is 2.20. The van der Waals surface area contributed by atoms with Gasteiger partial charge >= 0.3 is 0 Å². The van der Waals surface area contributed by atoms with E-state index < -0.39 is 0 Å². The molecule has 86 valence electrons. The lowest BCUT2D eigenvalue weighted by Gasteiger charge is -2.33. The van der Waals surface area contributed by atoms with E-state index in [1.54, 1.807) is 0 Å². The van der Waals surface area contributed by atoms with Crippen molar-refractivity contribution in [2.45, 2.75) is 39.2 Å². The van der Waals surface area contributed by atoms with E-state index in [-0.39, 0.29) is 0 Å². The van der Waals surface area contributed by atoms with Crippen LogP contribution in [0.3, 0.4) is 0 Å². The molecule has 0 saturated carbocycles. The van der Waals surface area contributed by atoms with Gasteiger partial charge in [0.1, 0.15) is 0 Å². The van der Waals surface area contributed by atoms with E-state index in [1.807, 2.05) is 0 Å². The minimum atomic E-state index is 0.743. The molecule has 0 N–H and O–H groups in total. The molecule has 14 heavy (non-hydrogen) atoms. The van der Waals surface area contributed by atoms with Crippen LogP contribution >= 0.6 is 0 Å². The minimum absolute atomic E-state index is 0.743. The highest BCUT2D eigenvalue weighted by atomic mass is 15.1. The minimum Gasteiger partial charge on any atom is -0.309 e. The van der Waals surface area contributed by atoms with Gasteiger partial charge in [0.15, 0.2) is 0 Å². The summed E-state index contributed by atoms with van der Waals surface area (Å²) in [6.45, 7) is 5.79. The second-order valence-corrected chi connectivity index (χ2v) is 4.75. The van der Waals surface area contributed by atoms with Crippen molar-refractivity contribution < 1.29 is 0 Å². The largest absolute Gasteiger partial charge is 0.309 e. The zero-order valence-corrected chi connectivity index (χ0v) is 10.9. The Bertz CT molecular complexity index is 132. The lowest BCUT2D eigenvalue weighted by atomic mass is 9.92. The lowest BCUT2D eigenvalue weighted by molar-refractivity contribution is 0.160. The molecule has 0 aliphatic carbocycles. The van der Waals surface area contributed by atoms with Crippen LogP contribution in [-0.2, 0) is 0 Å². The van der Waals surface area contributed by atoms with Crippen molar-refractivity contribution in [3.8, 4) is 0 Å². The Morgan fingerprint density at radius 1 is 1.00 bits per heavy atom. The van der Waals surface area contributed by atoms with Gasteiger partial charge in [0.25, 0.3) is 0 Å². The van der Waals surface area contributed by atoms with Crippen LogP contribution in [0.25, 0.3) is 0 Å². The van der Waals surface area contributed by atoms with Gasteiger partial charge in [0.05, 0.1) is 0 Å². The van der Waals surface area contributed by atoms with E-state index in [9.17, 15) is 0 Å². The zero-order valence-electron chi connectivity index (χ0n) is 10.9. The van der Waals surface area contributed by atoms with Gasteiger partial charge in [-0.15, -0.1) is 0 Å². The van der Waals surface area contributed by atoms with Crippen molar-refractivity contribution >= 4 is 0 Å². The highest BCUT2D eigenvalue weighted by molar-refractivity contribution is 4.76. The SMILES string of the molecule is CCC[C@H]([C@@H](CC)CN(C)C)N(C)C. The maximum absolute atomic E-state index is 2.39. The molecule has 0 aromatic rings. The van der Waals surface area contributed by atoms with Crippen molar-refractivity contribution in [3.05, 3.63) is 0 Å². The average molecular weight is 200 g/mol. The average Bonchev–Trinajstić information content (AvgIpc) is 2.10. The van der Waals surface area contributed by atoms with Crippen LogP contribution < -0.4 is 0 Å². The van der Waals surface area contributed by atoms with Crippen molar-refractivity contribution in [2.24, 2.45) is 5.92 Å². The number of hydrogen-bond donors (Lipinski definition) is 0. The van der Waals surface area contributed by atoms with Crippen LogP contribution in [0.5, 0.6) is 0 Å². The van der Waals surface area contributed by atoms with Crippen LogP contribution in [0.4, 0.5) is 0 Å². The smallest absolute Gasteiger partial charge is 0.0129 e. The van der Waals surface area contributed by atoms with Crippen molar-refractivity contribution in [2.75, 3.05) is 34.7 Å². The molecule has 0 aliphatic rings. The molecule has 0 spiro atoms. The fraction of sp³-hybridized carbons (Fsp3) is 1.00. The fourth-order valence-corrected chi connectivity index (χ4v) is 2.20. The first kappa shape index (κ1) is 13.9. The molecule has 2 atom stereocenters. The molecule has 0 radical (unpaired) electrons. The standard InChI is InChI=1S/C12H28N2/c1-7-9-12(14(5)6)11(8-2)10-13(3)4/h11-12H,7-10H2,1-6H3/t11-,12+/m0/s1. The molecule has 0 aliphatic heterocycles. The summed E-state index contributed by atoms with van der Waals surface area (Å²) < 4.78 is 0. The third-order valence-electron chi connectivity index (χ3n) is 2.92. The Morgan fingerprint density at radius 3 is 1.86 bits per heavy atom. The first-order valence-corrected chi connectivity index (χ1v) is 5.84. The van der Waals surface area contributed by atoms with Crippen LogP contribution in [0.15, 0.2) is 0 Å². The van der Waals surface area contributed by atoms with Crippen LogP contribution in [-0.4, -0.2) is 50.6 Å². The maximum atomic E-state index is 2.39. The Labute approximate surface area is 90.3 Å². The second kappa shape index (κ2) is 7.24. The second-order valence-electron chi connectivity index (χ2n) is 4.75. The molecule has 0 amide bonds. The Morgan fingerprint density at radius 2 is 1.57 bits per heavy atom. The highest BCUT2D eigenvalue weighted by Gasteiger charge is 2.21. The predicted octanol–water partition coefficient (Wildman–Crippen LogP) is 2.30. The quantitative estimate of drug-likeness (QED) is 0.622. The van der Waals surface area contributed by atoms with E-state index in [0.29, 0.717) is 0 Å². The van der Waals surface area contributed by atoms with Gasteiger partial charge in [0.2, 0.25) is 0 Å². The monoisotopic (exact) mass is 200 g/mol. The van der Waals surface area contributed by atoms with Gasteiger partial charge in [-0.3, -0.25) is 0 Å². The predicted molar refractivity (Wildman–Crippen MR) is 64.7 cm³/mol. The maximum Gasteiger partial charge on any atom is 0.0129 e. The Kier molecular flexibility index (Phi) is 7.20. The Hall–Kier alpha value is -0.0800. The van der Waals surface area contributed by atoms with E-state index >= 15 is 0 Å². The molecule has 0 fully saturated rings. The lowest BCUT2D eigenvalue weighted by Crippen LogP contribution is -2.39. The van der Waals surface area contributed by atoms with Crippen molar-refractivity contribution in [1.82, 2.24) is 9.80 Å². The normalized spacial score (nSPS) is 16.3. The third kappa shape index (κ3) is 4.97. The van der Waals surface area contributed by atoms with E-state index in [4.69, 9.17) is 0 Å². The molecular formula is C12H28N2. The highest BCUT2D eigenvalue weighted by Crippen LogP contribution is 2.18. The van der Waals surface area contributed by atoms with Crippen molar-refractivity contribution in [3.63, 3.8) is 0 Å². The summed E-state index contributed by atoms with van der Waals surface area (Å²) in [5.74, 6) is 0.806. The molecule has 0 aromatic heterocycles. The summed E-state index contributed by atoms with van der Waals surface area (Å²) in [5, 5.41) is 0. The summed E-state index contributed by atoms with van der Waals surface area (Å²) in [6.07, 6.45) is 3.88.